The van der Waals surface area contributed by atoms with Crippen LogP contribution in [-0.4, -0.2) is 24.1 Å². The highest BCUT2D eigenvalue weighted by Gasteiger charge is 2.22. The highest BCUT2D eigenvalue weighted by Crippen LogP contribution is 2.33. The Morgan fingerprint density at radius 1 is 1.04 bits per heavy atom. The van der Waals surface area contributed by atoms with Gasteiger partial charge in [0.2, 0.25) is 12.7 Å². The molecule has 0 saturated heterocycles. The Morgan fingerprint density at radius 2 is 1.89 bits per heavy atom. The summed E-state index contributed by atoms with van der Waals surface area (Å²) in [5, 5.41) is 0. The van der Waals surface area contributed by atoms with Crippen molar-refractivity contribution in [1.29, 1.82) is 0 Å². The topological polar surface area (TPSA) is 51.9 Å². The zero-order chi connectivity index (χ0) is 18.5. The summed E-state index contributed by atoms with van der Waals surface area (Å²) in [5.74, 6) is 2.39. The van der Waals surface area contributed by atoms with Crippen LogP contribution in [0.3, 0.4) is 0 Å². The van der Waals surface area contributed by atoms with Crippen molar-refractivity contribution in [2.75, 3.05) is 13.3 Å². The molecule has 0 atom stereocenters. The van der Waals surface area contributed by atoms with Crippen molar-refractivity contribution in [3.05, 3.63) is 47.9 Å². The number of carbonyl (C=O) groups is 1. The molecule has 1 aromatic carbocycles. The summed E-state index contributed by atoms with van der Waals surface area (Å²) in [5.41, 5.74) is 2.16. The third kappa shape index (κ3) is 4.65. The van der Waals surface area contributed by atoms with E-state index in [1.165, 1.54) is 32.1 Å². The Balaban J connectivity index is 1.38. The molecule has 1 aliphatic heterocycles. The quantitative estimate of drug-likeness (QED) is 0.718. The summed E-state index contributed by atoms with van der Waals surface area (Å²) >= 11 is 0. The average Bonchev–Trinajstić information content (AvgIpc) is 3.37. The maximum Gasteiger partial charge on any atom is 0.231 e. The van der Waals surface area contributed by atoms with Crippen LogP contribution in [-0.2, 0) is 17.8 Å². The minimum atomic E-state index is 0.208. The van der Waals surface area contributed by atoms with Crippen LogP contribution in [0.25, 0.3) is 0 Å². The van der Waals surface area contributed by atoms with Gasteiger partial charge in [-0.25, -0.2) is 0 Å². The van der Waals surface area contributed by atoms with Gasteiger partial charge in [-0.3, -0.25) is 4.79 Å². The van der Waals surface area contributed by atoms with E-state index >= 15 is 0 Å². The maximum absolute atomic E-state index is 13.0. The van der Waals surface area contributed by atoms with Gasteiger partial charge in [0.1, 0.15) is 0 Å². The van der Waals surface area contributed by atoms with Gasteiger partial charge < -0.3 is 18.8 Å². The van der Waals surface area contributed by atoms with Crippen LogP contribution >= 0.6 is 0 Å². The second kappa shape index (κ2) is 8.51. The zero-order valence-corrected chi connectivity index (χ0v) is 15.7. The molecule has 2 aromatic rings. The maximum atomic E-state index is 13.0. The molecule has 5 heteroatoms. The van der Waals surface area contributed by atoms with E-state index < -0.39 is 0 Å². The van der Waals surface area contributed by atoms with E-state index in [0.29, 0.717) is 25.3 Å². The molecule has 0 unspecified atom stereocenters. The van der Waals surface area contributed by atoms with Gasteiger partial charge in [-0.15, -0.1) is 0 Å². The molecular weight excluding hydrogens is 342 g/mol. The van der Waals surface area contributed by atoms with E-state index in [1.54, 1.807) is 12.5 Å². The largest absolute Gasteiger partial charge is 0.472 e. The first-order chi connectivity index (χ1) is 13.3. The normalized spacial score (nSPS) is 16.4. The van der Waals surface area contributed by atoms with Crippen LogP contribution in [0.2, 0.25) is 0 Å². The Hall–Kier alpha value is -2.43. The van der Waals surface area contributed by atoms with Crippen LogP contribution in [0.4, 0.5) is 0 Å². The van der Waals surface area contributed by atoms with Gasteiger partial charge in [-0.2, -0.15) is 0 Å². The van der Waals surface area contributed by atoms with Crippen molar-refractivity contribution in [2.24, 2.45) is 5.92 Å². The van der Waals surface area contributed by atoms with Gasteiger partial charge >= 0.3 is 0 Å². The Morgan fingerprint density at radius 3 is 2.70 bits per heavy atom. The van der Waals surface area contributed by atoms with E-state index in [9.17, 15) is 4.79 Å². The van der Waals surface area contributed by atoms with Crippen molar-refractivity contribution in [3.8, 4) is 11.5 Å². The number of furan rings is 1. The van der Waals surface area contributed by atoms with Crippen molar-refractivity contribution in [2.45, 2.75) is 51.5 Å². The van der Waals surface area contributed by atoms with Crippen LogP contribution in [0.15, 0.2) is 41.2 Å². The summed E-state index contributed by atoms with van der Waals surface area (Å²) < 4.78 is 16.0. The smallest absolute Gasteiger partial charge is 0.231 e. The lowest BCUT2D eigenvalue weighted by molar-refractivity contribution is -0.132. The second-order valence-electron chi connectivity index (χ2n) is 7.60. The van der Waals surface area contributed by atoms with Gasteiger partial charge in [-0.1, -0.05) is 25.3 Å². The number of ether oxygens (including phenoxy) is 2. The molecule has 27 heavy (non-hydrogen) atoms. The van der Waals surface area contributed by atoms with Crippen molar-refractivity contribution in [3.63, 3.8) is 0 Å². The van der Waals surface area contributed by atoms with Gasteiger partial charge in [0.25, 0.3) is 0 Å². The molecule has 1 fully saturated rings. The van der Waals surface area contributed by atoms with Crippen LogP contribution in [0.1, 0.15) is 49.7 Å². The Bertz CT molecular complexity index is 750. The minimum absolute atomic E-state index is 0.208. The molecule has 2 heterocycles. The van der Waals surface area contributed by atoms with Crippen molar-refractivity contribution >= 4 is 5.91 Å². The van der Waals surface area contributed by atoms with Crippen LogP contribution in [0.5, 0.6) is 11.5 Å². The Kier molecular flexibility index (Phi) is 5.66. The molecule has 5 nitrogen and oxygen atoms in total. The minimum Gasteiger partial charge on any atom is -0.472 e. The van der Waals surface area contributed by atoms with Gasteiger partial charge in [0, 0.05) is 25.1 Å². The molecular formula is C22H27NO4. The standard InChI is InChI=1S/C22H27NO4/c24-22(9-7-17-6-8-20-21(12-17)27-16-26-20)23(14-19-10-11-25-15-19)13-18-4-2-1-3-5-18/h6,8,10-12,15,18H,1-5,7,9,13-14,16H2. The van der Waals surface area contributed by atoms with Crippen molar-refractivity contribution in [1.82, 2.24) is 4.90 Å². The van der Waals surface area contributed by atoms with E-state index in [4.69, 9.17) is 13.9 Å². The van der Waals surface area contributed by atoms with E-state index in [2.05, 4.69) is 0 Å². The first-order valence-electron chi connectivity index (χ1n) is 9.95. The molecule has 1 aromatic heterocycles. The van der Waals surface area contributed by atoms with Crippen molar-refractivity contribution < 1.29 is 18.7 Å². The van der Waals surface area contributed by atoms with Gasteiger partial charge in [-0.05, 0) is 48.9 Å². The number of nitrogens with zero attached hydrogens (tertiary/aromatic N) is 1. The van der Waals surface area contributed by atoms with Crippen LogP contribution < -0.4 is 9.47 Å². The second-order valence-corrected chi connectivity index (χ2v) is 7.60. The molecule has 0 N–H and O–H groups in total. The number of aryl methyl sites for hydroxylation is 1. The average molecular weight is 369 g/mol. The fourth-order valence-corrected chi connectivity index (χ4v) is 4.04. The summed E-state index contributed by atoms with van der Waals surface area (Å²) in [6, 6.07) is 7.87. The molecule has 1 amide bonds. The first-order valence-corrected chi connectivity index (χ1v) is 9.95. The highest BCUT2D eigenvalue weighted by molar-refractivity contribution is 5.76. The van der Waals surface area contributed by atoms with E-state index in [-0.39, 0.29) is 12.7 Å². The van der Waals surface area contributed by atoms with Gasteiger partial charge in [0.15, 0.2) is 11.5 Å². The predicted molar refractivity (Wildman–Crippen MR) is 102 cm³/mol. The third-order valence-corrected chi connectivity index (χ3v) is 5.57. The molecule has 4 rings (SSSR count). The fourth-order valence-electron chi connectivity index (χ4n) is 4.04. The molecule has 2 aliphatic rings. The molecule has 1 saturated carbocycles. The lowest BCUT2D eigenvalue weighted by Gasteiger charge is -2.29. The highest BCUT2D eigenvalue weighted by atomic mass is 16.7. The summed E-state index contributed by atoms with van der Waals surface area (Å²) in [6.07, 6.45) is 11.0. The van der Waals surface area contributed by atoms with Crippen LogP contribution in [0, 0.1) is 5.92 Å². The molecule has 1 aliphatic carbocycles. The lowest BCUT2D eigenvalue weighted by Crippen LogP contribution is -2.35. The Labute approximate surface area is 160 Å². The number of benzene rings is 1. The third-order valence-electron chi connectivity index (χ3n) is 5.57. The summed E-state index contributed by atoms with van der Waals surface area (Å²) in [6.45, 7) is 1.76. The molecule has 0 spiro atoms. The summed E-state index contributed by atoms with van der Waals surface area (Å²) in [7, 11) is 0. The zero-order valence-electron chi connectivity index (χ0n) is 15.7. The summed E-state index contributed by atoms with van der Waals surface area (Å²) in [4.78, 5) is 15.0. The number of rotatable bonds is 7. The fraction of sp³-hybridized carbons (Fsp3) is 0.500. The number of carbonyl (C=O) groups excluding carboxylic acids is 1. The van der Waals surface area contributed by atoms with Gasteiger partial charge in [0.05, 0.1) is 12.5 Å². The van der Waals surface area contributed by atoms with E-state index in [1.807, 2.05) is 29.2 Å². The number of hydrogen-bond donors (Lipinski definition) is 0. The SMILES string of the molecule is O=C(CCc1ccc2c(c1)OCO2)N(Cc1ccoc1)CC1CCCCC1. The first kappa shape index (κ1) is 18.0. The molecule has 0 bridgehead atoms. The number of hydrogen-bond acceptors (Lipinski definition) is 4. The number of amides is 1. The molecule has 0 radical (unpaired) electrons. The van der Waals surface area contributed by atoms with E-state index in [0.717, 1.165) is 29.2 Å². The number of fused-ring (bicyclic) bond motifs is 1. The molecule has 144 valence electrons. The monoisotopic (exact) mass is 369 g/mol. The lowest BCUT2D eigenvalue weighted by atomic mass is 9.89. The predicted octanol–water partition coefficient (Wildman–Crippen LogP) is 4.55.